The monoisotopic (exact) mass is 274 g/mol. The third kappa shape index (κ3) is 2.86. The Bertz CT molecular complexity index is 543. The van der Waals surface area contributed by atoms with E-state index >= 15 is 0 Å². The van der Waals surface area contributed by atoms with Crippen LogP contribution in [0, 0.1) is 0 Å². The number of likely N-dealkylation sites (tertiary alicyclic amines) is 1. The van der Waals surface area contributed by atoms with Gasteiger partial charge in [0.1, 0.15) is 0 Å². The molecule has 1 fully saturated rings. The highest BCUT2D eigenvalue weighted by atomic mass is 16.5. The number of rotatable bonds is 4. The molecule has 1 saturated heterocycles. The number of pyridine rings is 1. The van der Waals surface area contributed by atoms with Crippen molar-refractivity contribution in [2.24, 2.45) is 0 Å². The predicted molar refractivity (Wildman–Crippen MR) is 72.7 cm³/mol. The lowest BCUT2D eigenvalue weighted by atomic mass is 10.0. The number of aromatic nitrogens is 3. The fourth-order valence-corrected chi connectivity index (χ4v) is 2.58. The lowest BCUT2D eigenvalue weighted by Crippen LogP contribution is -2.41. The third-order valence-corrected chi connectivity index (χ3v) is 3.69. The molecule has 0 spiro atoms. The average molecular weight is 274 g/mol. The van der Waals surface area contributed by atoms with E-state index < -0.39 is 0 Å². The third-order valence-electron chi connectivity index (χ3n) is 3.69. The summed E-state index contributed by atoms with van der Waals surface area (Å²) < 4.78 is 5.30. The topological polar surface area (TPSA) is 75.3 Å². The fourth-order valence-electron chi connectivity index (χ4n) is 2.58. The van der Waals surface area contributed by atoms with Gasteiger partial charge in [0, 0.05) is 24.0 Å². The van der Waals surface area contributed by atoms with Crippen LogP contribution in [-0.4, -0.2) is 44.3 Å². The molecule has 1 atom stereocenters. The highest BCUT2D eigenvalue weighted by molar-refractivity contribution is 5.51. The molecular weight excluding hydrogens is 256 g/mol. The van der Waals surface area contributed by atoms with Crippen LogP contribution in [0.3, 0.4) is 0 Å². The van der Waals surface area contributed by atoms with Crippen LogP contribution in [0.4, 0.5) is 0 Å². The van der Waals surface area contributed by atoms with Crippen LogP contribution in [0.5, 0.6) is 0 Å². The SMILES string of the molecule is OCC1CCCCN1Cc1nc(-c2cccnc2)no1. The normalized spacial score (nSPS) is 20.1. The van der Waals surface area contributed by atoms with E-state index in [1.54, 1.807) is 12.4 Å². The molecule has 3 heterocycles. The minimum Gasteiger partial charge on any atom is -0.395 e. The van der Waals surface area contributed by atoms with Crippen LogP contribution >= 0.6 is 0 Å². The van der Waals surface area contributed by atoms with Crippen molar-refractivity contribution in [2.45, 2.75) is 31.8 Å². The van der Waals surface area contributed by atoms with Crippen molar-refractivity contribution in [3.8, 4) is 11.4 Å². The minimum atomic E-state index is 0.184. The van der Waals surface area contributed by atoms with Crippen molar-refractivity contribution in [3.63, 3.8) is 0 Å². The summed E-state index contributed by atoms with van der Waals surface area (Å²) in [5.74, 6) is 1.15. The van der Waals surface area contributed by atoms with Gasteiger partial charge in [-0.05, 0) is 31.5 Å². The first-order valence-corrected chi connectivity index (χ1v) is 6.94. The maximum atomic E-state index is 9.41. The first kappa shape index (κ1) is 13.2. The number of nitrogens with zero attached hydrogens (tertiary/aromatic N) is 4. The number of aliphatic hydroxyl groups excluding tert-OH is 1. The molecule has 0 aromatic carbocycles. The Kier molecular flexibility index (Phi) is 4.03. The molecule has 1 aliphatic rings. The molecule has 106 valence electrons. The summed E-state index contributed by atoms with van der Waals surface area (Å²) in [6.45, 7) is 1.75. The molecule has 6 nitrogen and oxygen atoms in total. The molecule has 0 amide bonds. The molecule has 6 heteroatoms. The van der Waals surface area contributed by atoms with E-state index in [0.717, 1.165) is 24.9 Å². The van der Waals surface area contributed by atoms with Crippen LogP contribution in [0.15, 0.2) is 29.0 Å². The van der Waals surface area contributed by atoms with Gasteiger partial charge in [0.2, 0.25) is 11.7 Å². The second-order valence-corrected chi connectivity index (χ2v) is 5.06. The molecule has 1 N–H and O–H groups in total. The van der Waals surface area contributed by atoms with Crippen LogP contribution in [0.2, 0.25) is 0 Å². The van der Waals surface area contributed by atoms with Gasteiger partial charge in [0.15, 0.2) is 0 Å². The number of aliphatic hydroxyl groups is 1. The van der Waals surface area contributed by atoms with Crippen LogP contribution in [0.1, 0.15) is 25.2 Å². The quantitative estimate of drug-likeness (QED) is 0.910. The molecule has 0 radical (unpaired) electrons. The van der Waals surface area contributed by atoms with Crippen molar-refractivity contribution in [1.82, 2.24) is 20.0 Å². The van der Waals surface area contributed by atoms with Crippen molar-refractivity contribution in [2.75, 3.05) is 13.2 Å². The van der Waals surface area contributed by atoms with Gasteiger partial charge in [0.05, 0.1) is 13.2 Å². The Hall–Kier alpha value is -1.79. The van der Waals surface area contributed by atoms with Crippen molar-refractivity contribution in [3.05, 3.63) is 30.4 Å². The molecule has 2 aromatic heterocycles. The minimum absolute atomic E-state index is 0.184. The Balaban J connectivity index is 1.71. The van der Waals surface area contributed by atoms with Gasteiger partial charge >= 0.3 is 0 Å². The van der Waals surface area contributed by atoms with Crippen LogP contribution < -0.4 is 0 Å². The maximum Gasteiger partial charge on any atom is 0.241 e. The maximum absolute atomic E-state index is 9.41. The van der Waals surface area contributed by atoms with Gasteiger partial charge < -0.3 is 9.63 Å². The largest absolute Gasteiger partial charge is 0.395 e. The Morgan fingerprint density at radius 1 is 1.40 bits per heavy atom. The van der Waals surface area contributed by atoms with Crippen LogP contribution in [-0.2, 0) is 6.54 Å². The van der Waals surface area contributed by atoms with Crippen molar-refractivity contribution in [1.29, 1.82) is 0 Å². The van der Waals surface area contributed by atoms with Crippen molar-refractivity contribution >= 4 is 0 Å². The molecule has 2 aromatic rings. The zero-order valence-corrected chi connectivity index (χ0v) is 11.3. The summed E-state index contributed by atoms with van der Waals surface area (Å²) in [4.78, 5) is 10.7. The second-order valence-electron chi connectivity index (χ2n) is 5.06. The summed E-state index contributed by atoms with van der Waals surface area (Å²) >= 11 is 0. The highest BCUT2D eigenvalue weighted by Crippen LogP contribution is 2.20. The standard InChI is InChI=1S/C14H18N4O2/c19-10-12-5-1-2-7-18(12)9-13-16-14(17-20-13)11-4-3-6-15-8-11/h3-4,6,8,12,19H,1-2,5,7,9-10H2. The van der Waals surface area contributed by atoms with Gasteiger partial charge in [0.25, 0.3) is 0 Å². The molecule has 0 aliphatic carbocycles. The Morgan fingerprint density at radius 3 is 3.15 bits per heavy atom. The molecule has 0 saturated carbocycles. The zero-order valence-electron chi connectivity index (χ0n) is 11.3. The molecule has 1 aliphatic heterocycles. The highest BCUT2D eigenvalue weighted by Gasteiger charge is 2.23. The van der Waals surface area contributed by atoms with E-state index in [4.69, 9.17) is 4.52 Å². The second kappa shape index (κ2) is 6.11. The average Bonchev–Trinajstić information content (AvgIpc) is 2.97. The Morgan fingerprint density at radius 2 is 2.35 bits per heavy atom. The van der Waals surface area contributed by atoms with E-state index in [0.29, 0.717) is 18.3 Å². The lowest BCUT2D eigenvalue weighted by molar-refractivity contribution is 0.0749. The Labute approximate surface area is 117 Å². The number of hydrogen-bond acceptors (Lipinski definition) is 6. The first-order chi connectivity index (χ1) is 9.86. The van der Waals surface area contributed by atoms with Crippen molar-refractivity contribution < 1.29 is 9.63 Å². The fraction of sp³-hybridized carbons (Fsp3) is 0.500. The molecule has 3 rings (SSSR count). The molecule has 1 unspecified atom stereocenters. The van der Waals surface area contributed by atoms with Gasteiger partial charge in [-0.15, -0.1) is 0 Å². The summed E-state index contributed by atoms with van der Waals surface area (Å²) in [6.07, 6.45) is 6.78. The van der Waals surface area contributed by atoms with E-state index in [1.165, 1.54) is 6.42 Å². The van der Waals surface area contributed by atoms with Gasteiger partial charge in [-0.1, -0.05) is 11.6 Å². The number of hydrogen-bond donors (Lipinski definition) is 1. The first-order valence-electron chi connectivity index (χ1n) is 6.94. The molecular formula is C14H18N4O2. The van der Waals surface area contributed by atoms with E-state index in [-0.39, 0.29) is 12.6 Å². The summed E-state index contributed by atoms with van der Waals surface area (Å²) in [5.41, 5.74) is 0.847. The molecule has 20 heavy (non-hydrogen) atoms. The summed E-state index contributed by atoms with van der Waals surface area (Å²) in [7, 11) is 0. The van der Waals surface area contributed by atoms with Crippen LogP contribution in [0.25, 0.3) is 11.4 Å². The lowest BCUT2D eigenvalue weighted by Gasteiger charge is -2.33. The van der Waals surface area contributed by atoms with Gasteiger partial charge in [-0.25, -0.2) is 0 Å². The molecule has 0 bridgehead atoms. The van der Waals surface area contributed by atoms with E-state index in [1.807, 2.05) is 12.1 Å². The van der Waals surface area contributed by atoms with Gasteiger partial charge in [-0.3, -0.25) is 9.88 Å². The van der Waals surface area contributed by atoms with E-state index in [2.05, 4.69) is 20.0 Å². The zero-order chi connectivity index (χ0) is 13.8. The van der Waals surface area contributed by atoms with Gasteiger partial charge in [-0.2, -0.15) is 4.98 Å². The predicted octanol–water partition coefficient (Wildman–Crippen LogP) is 1.48. The summed E-state index contributed by atoms with van der Waals surface area (Å²) in [6, 6.07) is 3.95. The smallest absolute Gasteiger partial charge is 0.241 e. The van der Waals surface area contributed by atoms with E-state index in [9.17, 15) is 5.11 Å². The summed E-state index contributed by atoms with van der Waals surface area (Å²) in [5, 5.41) is 13.4. The number of piperidine rings is 1.